The third-order valence-corrected chi connectivity index (χ3v) is 3.89. The van der Waals surface area contributed by atoms with E-state index in [2.05, 4.69) is 11.4 Å². The molecule has 1 aliphatic rings. The minimum atomic E-state index is -0.953. The second-order valence-electron chi connectivity index (χ2n) is 6.13. The molecule has 20 heavy (non-hydrogen) atoms. The molecule has 0 saturated carbocycles. The van der Waals surface area contributed by atoms with E-state index in [1.165, 1.54) is 0 Å². The fraction of sp³-hybridized carbons (Fsp3) is 0.786. The highest BCUT2D eigenvalue weighted by Crippen LogP contribution is 2.36. The number of carbonyl (C=O) groups is 1. The standard InChI is InChI=1S/C14H26BNO4/c1-13(2)14(3,4)20-15(19-13)10-8-6-5-7-9-11-16-12(17)18/h8,10,16H,5-7,9,11H2,1-4H3,(H,17,18)/b10-8+. The number of unbranched alkanes of at least 4 members (excludes halogenated alkanes) is 3. The van der Waals surface area contributed by atoms with Crippen molar-refractivity contribution in [2.45, 2.75) is 64.6 Å². The van der Waals surface area contributed by atoms with Crippen LogP contribution in [-0.2, 0) is 9.31 Å². The monoisotopic (exact) mass is 283 g/mol. The Kier molecular flexibility index (Phi) is 6.08. The molecule has 114 valence electrons. The molecule has 0 aromatic heterocycles. The molecule has 0 aliphatic carbocycles. The van der Waals surface area contributed by atoms with Gasteiger partial charge in [-0.2, -0.15) is 0 Å². The molecule has 1 rings (SSSR count). The molecule has 0 aromatic carbocycles. The van der Waals surface area contributed by atoms with Gasteiger partial charge in [0.05, 0.1) is 11.2 Å². The topological polar surface area (TPSA) is 67.8 Å². The normalized spacial score (nSPS) is 20.5. The van der Waals surface area contributed by atoms with Crippen LogP contribution in [-0.4, -0.2) is 36.1 Å². The Morgan fingerprint density at radius 3 is 2.30 bits per heavy atom. The van der Waals surface area contributed by atoms with Crippen LogP contribution in [0.1, 0.15) is 53.4 Å². The second-order valence-corrected chi connectivity index (χ2v) is 6.13. The molecule has 0 unspecified atom stereocenters. The van der Waals surface area contributed by atoms with Crippen molar-refractivity contribution in [3.8, 4) is 0 Å². The van der Waals surface area contributed by atoms with Gasteiger partial charge in [0, 0.05) is 6.54 Å². The van der Waals surface area contributed by atoms with Crippen molar-refractivity contribution >= 4 is 13.2 Å². The van der Waals surface area contributed by atoms with Gasteiger partial charge in [-0.15, -0.1) is 0 Å². The molecule has 6 heteroatoms. The summed E-state index contributed by atoms with van der Waals surface area (Å²) in [4.78, 5) is 10.2. The van der Waals surface area contributed by atoms with E-state index in [0.29, 0.717) is 6.54 Å². The smallest absolute Gasteiger partial charge is 0.465 e. The van der Waals surface area contributed by atoms with Crippen LogP contribution in [0.25, 0.3) is 0 Å². The first kappa shape index (κ1) is 17.0. The van der Waals surface area contributed by atoms with Gasteiger partial charge in [0.2, 0.25) is 0 Å². The minimum absolute atomic E-state index is 0.270. The number of hydrogen-bond donors (Lipinski definition) is 2. The van der Waals surface area contributed by atoms with Gasteiger partial charge < -0.3 is 19.7 Å². The molecule has 5 nitrogen and oxygen atoms in total. The molecule has 0 bridgehead atoms. The molecular formula is C14H26BNO4. The van der Waals surface area contributed by atoms with E-state index in [-0.39, 0.29) is 18.3 Å². The van der Waals surface area contributed by atoms with Crippen LogP contribution in [0.2, 0.25) is 0 Å². The summed E-state index contributed by atoms with van der Waals surface area (Å²) >= 11 is 0. The highest BCUT2D eigenvalue weighted by Gasteiger charge is 2.49. The number of rotatable bonds is 7. The summed E-state index contributed by atoms with van der Waals surface area (Å²) < 4.78 is 11.7. The maximum absolute atomic E-state index is 10.2. The van der Waals surface area contributed by atoms with E-state index in [4.69, 9.17) is 14.4 Å². The predicted molar refractivity (Wildman–Crippen MR) is 79.7 cm³/mol. The summed E-state index contributed by atoms with van der Waals surface area (Å²) in [5.74, 6) is 1.96. The summed E-state index contributed by atoms with van der Waals surface area (Å²) in [6.45, 7) is 8.68. The quantitative estimate of drug-likeness (QED) is 0.556. The van der Waals surface area contributed by atoms with Crippen LogP contribution >= 0.6 is 0 Å². The Labute approximate surface area is 121 Å². The lowest BCUT2D eigenvalue weighted by Gasteiger charge is -2.32. The number of hydrogen-bond acceptors (Lipinski definition) is 3. The van der Waals surface area contributed by atoms with E-state index in [1.807, 2.05) is 33.7 Å². The Bertz CT molecular complexity index is 339. The first-order valence-electron chi connectivity index (χ1n) is 7.24. The van der Waals surface area contributed by atoms with Crippen molar-refractivity contribution in [2.75, 3.05) is 6.54 Å². The summed E-state index contributed by atoms with van der Waals surface area (Å²) in [7, 11) is -0.270. The van der Waals surface area contributed by atoms with Gasteiger partial charge in [-0.3, -0.25) is 0 Å². The molecule has 2 N–H and O–H groups in total. The van der Waals surface area contributed by atoms with E-state index in [9.17, 15) is 4.79 Å². The molecule has 1 fully saturated rings. The largest absolute Gasteiger partial charge is 0.486 e. The van der Waals surface area contributed by atoms with E-state index in [0.717, 1.165) is 25.7 Å². The van der Waals surface area contributed by atoms with Crippen LogP contribution < -0.4 is 5.32 Å². The zero-order chi connectivity index (χ0) is 15.2. The Morgan fingerprint density at radius 1 is 1.15 bits per heavy atom. The molecule has 1 heterocycles. The van der Waals surface area contributed by atoms with Gasteiger partial charge in [0.1, 0.15) is 0 Å². The number of amides is 1. The number of nitrogens with one attached hydrogen (secondary N) is 1. The zero-order valence-electron chi connectivity index (χ0n) is 12.9. The van der Waals surface area contributed by atoms with Crippen LogP contribution in [0.5, 0.6) is 0 Å². The highest BCUT2D eigenvalue weighted by molar-refractivity contribution is 6.51. The van der Waals surface area contributed by atoms with Gasteiger partial charge in [-0.05, 0) is 47.0 Å². The average molecular weight is 283 g/mol. The Balaban J connectivity index is 2.13. The van der Waals surface area contributed by atoms with E-state index in [1.54, 1.807) is 0 Å². The lowest BCUT2D eigenvalue weighted by atomic mass is 9.89. The lowest BCUT2D eigenvalue weighted by Crippen LogP contribution is -2.41. The van der Waals surface area contributed by atoms with Crippen molar-refractivity contribution in [1.29, 1.82) is 0 Å². The fourth-order valence-corrected chi connectivity index (χ4v) is 1.93. The summed E-state index contributed by atoms with van der Waals surface area (Å²) in [5, 5.41) is 10.8. The third-order valence-electron chi connectivity index (χ3n) is 3.89. The molecule has 0 aromatic rings. The maximum Gasteiger partial charge on any atom is 0.486 e. The van der Waals surface area contributed by atoms with Crippen molar-refractivity contribution in [2.24, 2.45) is 0 Å². The molecule has 0 radical (unpaired) electrons. The van der Waals surface area contributed by atoms with Gasteiger partial charge >= 0.3 is 13.2 Å². The maximum atomic E-state index is 10.2. The van der Waals surface area contributed by atoms with Crippen molar-refractivity contribution in [3.63, 3.8) is 0 Å². The molecule has 0 spiro atoms. The molecule has 0 atom stereocenters. The average Bonchev–Trinajstić information content (AvgIpc) is 2.50. The minimum Gasteiger partial charge on any atom is -0.465 e. The number of allylic oxidation sites excluding steroid dienone is 1. The first-order valence-corrected chi connectivity index (χ1v) is 7.24. The van der Waals surface area contributed by atoms with Crippen molar-refractivity contribution in [1.82, 2.24) is 5.32 Å². The predicted octanol–water partition coefficient (Wildman–Crippen LogP) is 3.00. The Hall–Kier alpha value is -1.01. The molecule has 1 amide bonds. The molecule has 1 aliphatic heterocycles. The van der Waals surface area contributed by atoms with Crippen molar-refractivity contribution in [3.05, 3.63) is 12.1 Å². The summed E-state index contributed by atoms with van der Waals surface area (Å²) in [6.07, 6.45) is 5.00. The zero-order valence-corrected chi connectivity index (χ0v) is 12.9. The number of carboxylic acid groups (broad SMARTS) is 1. The third kappa shape index (κ3) is 5.17. The van der Waals surface area contributed by atoms with Gasteiger partial charge in [0.25, 0.3) is 0 Å². The second kappa shape index (κ2) is 7.13. The van der Waals surface area contributed by atoms with E-state index < -0.39 is 6.09 Å². The first-order chi connectivity index (χ1) is 9.24. The van der Waals surface area contributed by atoms with Crippen LogP contribution in [0.15, 0.2) is 12.1 Å². The van der Waals surface area contributed by atoms with Crippen LogP contribution in [0, 0.1) is 0 Å². The Morgan fingerprint density at radius 2 is 1.75 bits per heavy atom. The SMILES string of the molecule is CC1(C)OB(/C=C/CCCCCNC(=O)O)OC1(C)C. The fourth-order valence-electron chi connectivity index (χ4n) is 1.93. The summed E-state index contributed by atoms with van der Waals surface area (Å²) in [5.41, 5.74) is -0.574. The molecule has 1 saturated heterocycles. The van der Waals surface area contributed by atoms with E-state index >= 15 is 0 Å². The van der Waals surface area contributed by atoms with Gasteiger partial charge in [0.15, 0.2) is 0 Å². The van der Waals surface area contributed by atoms with Crippen LogP contribution in [0.4, 0.5) is 4.79 Å². The van der Waals surface area contributed by atoms with Crippen LogP contribution in [0.3, 0.4) is 0 Å². The molecular weight excluding hydrogens is 257 g/mol. The highest BCUT2D eigenvalue weighted by atomic mass is 16.7. The van der Waals surface area contributed by atoms with Crippen molar-refractivity contribution < 1.29 is 19.2 Å². The van der Waals surface area contributed by atoms with Gasteiger partial charge in [-0.25, -0.2) is 4.79 Å². The van der Waals surface area contributed by atoms with Gasteiger partial charge in [-0.1, -0.05) is 18.5 Å². The lowest BCUT2D eigenvalue weighted by molar-refractivity contribution is 0.00578. The summed E-state index contributed by atoms with van der Waals surface area (Å²) in [6, 6.07) is 0.